The first-order chi connectivity index (χ1) is 17.2. The molecule has 3 N–H and O–H groups in total. The molecule has 3 aliphatic rings. The quantitative estimate of drug-likeness (QED) is 0.453. The second kappa shape index (κ2) is 10.5. The van der Waals surface area contributed by atoms with Crippen LogP contribution in [-0.4, -0.2) is 60.1 Å². The maximum absolute atomic E-state index is 13.6. The van der Waals surface area contributed by atoms with E-state index < -0.39 is 15.8 Å². The van der Waals surface area contributed by atoms with Gasteiger partial charge in [0.2, 0.25) is 5.82 Å². The summed E-state index contributed by atoms with van der Waals surface area (Å²) in [5, 5.41) is 13.6. The minimum atomic E-state index is -4.20. The van der Waals surface area contributed by atoms with Gasteiger partial charge in [0.1, 0.15) is 4.90 Å². The highest BCUT2D eigenvalue weighted by Crippen LogP contribution is 2.36. The molecular formula is C24H31BrClN5O4S. The van der Waals surface area contributed by atoms with Gasteiger partial charge in [-0.1, -0.05) is 40.4 Å². The van der Waals surface area contributed by atoms with Crippen molar-refractivity contribution in [3.8, 4) is 5.75 Å². The summed E-state index contributed by atoms with van der Waals surface area (Å²) in [4.78, 5) is 19.5. The topological polar surface area (TPSA) is 117 Å². The number of benzene rings is 1. The Morgan fingerprint density at radius 3 is 2.53 bits per heavy atom. The Labute approximate surface area is 224 Å². The molecule has 36 heavy (non-hydrogen) atoms. The second-order valence-electron chi connectivity index (χ2n) is 10.0. The van der Waals surface area contributed by atoms with Gasteiger partial charge in [0.05, 0.1) is 5.02 Å². The van der Waals surface area contributed by atoms with Gasteiger partial charge in [-0.25, -0.2) is 13.4 Å². The van der Waals surface area contributed by atoms with Crippen LogP contribution in [0, 0.1) is 11.8 Å². The molecule has 0 unspecified atom stereocenters. The molecule has 0 spiro atoms. The normalized spacial score (nSPS) is 21.8. The van der Waals surface area contributed by atoms with Gasteiger partial charge in [-0.15, -0.1) is 0 Å². The van der Waals surface area contributed by atoms with E-state index in [1.807, 2.05) is 9.47 Å². The molecule has 1 atom stereocenters. The Morgan fingerprint density at radius 2 is 1.86 bits per heavy atom. The van der Waals surface area contributed by atoms with Gasteiger partial charge in [0.15, 0.2) is 11.6 Å². The van der Waals surface area contributed by atoms with Crippen molar-refractivity contribution < 1.29 is 18.3 Å². The number of phenolic OH excluding ortho intramolecular Hbond substituents is 1. The van der Waals surface area contributed by atoms with Gasteiger partial charge in [-0.2, -0.15) is 0 Å². The van der Waals surface area contributed by atoms with Gasteiger partial charge < -0.3 is 19.9 Å². The molecule has 12 heteroatoms. The van der Waals surface area contributed by atoms with Crippen LogP contribution in [0.4, 0.5) is 5.82 Å². The van der Waals surface area contributed by atoms with Crippen molar-refractivity contribution in [3.63, 3.8) is 0 Å². The Hall–Kier alpha value is -1.82. The van der Waals surface area contributed by atoms with Crippen molar-refractivity contribution in [3.05, 3.63) is 33.6 Å². The average molecular weight is 601 g/mol. The summed E-state index contributed by atoms with van der Waals surface area (Å²) in [5.41, 5.74) is 0. The van der Waals surface area contributed by atoms with Crippen molar-refractivity contribution in [1.82, 2.24) is 19.8 Å². The van der Waals surface area contributed by atoms with Gasteiger partial charge >= 0.3 is 0 Å². The van der Waals surface area contributed by atoms with Crippen molar-refractivity contribution in [2.75, 3.05) is 30.9 Å². The number of aromatic hydroxyl groups is 1. The van der Waals surface area contributed by atoms with Crippen LogP contribution in [0.5, 0.6) is 5.75 Å². The van der Waals surface area contributed by atoms with E-state index in [4.69, 9.17) is 11.6 Å². The molecule has 1 amide bonds. The summed E-state index contributed by atoms with van der Waals surface area (Å²) in [6.07, 6.45) is 8.71. The predicted octanol–water partition coefficient (Wildman–Crippen LogP) is 4.38. The second-order valence-corrected chi connectivity index (χ2v) is 13.0. The number of imidazole rings is 1. The van der Waals surface area contributed by atoms with Crippen LogP contribution in [0.25, 0.3) is 0 Å². The summed E-state index contributed by atoms with van der Waals surface area (Å²) in [5.74, 6) is 0.921. The summed E-state index contributed by atoms with van der Waals surface area (Å²) < 4.78 is 30.9. The van der Waals surface area contributed by atoms with Crippen LogP contribution in [0.1, 0.15) is 61.6 Å². The molecule has 9 nitrogen and oxygen atoms in total. The van der Waals surface area contributed by atoms with Crippen molar-refractivity contribution in [1.29, 1.82) is 0 Å². The predicted molar refractivity (Wildman–Crippen MR) is 141 cm³/mol. The Balaban J connectivity index is 1.38. The van der Waals surface area contributed by atoms with Crippen LogP contribution in [-0.2, 0) is 10.0 Å². The molecule has 0 radical (unpaired) electrons. The number of hydrogen-bond acceptors (Lipinski definition) is 6. The number of carbonyl (C=O) groups is 1. The molecule has 2 aromatic rings. The van der Waals surface area contributed by atoms with E-state index in [0.717, 1.165) is 51.6 Å². The number of rotatable bonds is 6. The van der Waals surface area contributed by atoms with E-state index in [-0.39, 0.29) is 33.5 Å². The third-order valence-corrected chi connectivity index (χ3v) is 9.87. The lowest BCUT2D eigenvalue weighted by molar-refractivity contribution is 0.0643. The lowest BCUT2D eigenvalue weighted by atomic mass is 9.84. The summed E-state index contributed by atoms with van der Waals surface area (Å²) >= 11 is 9.19. The van der Waals surface area contributed by atoms with Gasteiger partial charge in [0.25, 0.3) is 15.9 Å². The molecular weight excluding hydrogens is 570 g/mol. The molecule has 2 aliphatic heterocycles. The molecule has 196 valence electrons. The number of nitrogens with zero attached hydrogens (tertiary/aromatic N) is 3. The number of likely N-dealkylation sites (tertiary alicyclic amines) is 1. The van der Waals surface area contributed by atoms with E-state index in [9.17, 15) is 18.3 Å². The first kappa shape index (κ1) is 25.8. The van der Waals surface area contributed by atoms with E-state index >= 15 is 0 Å². The number of piperidine rings is 1. The Morgan fingerprint density at radius 1 is 1.14 bits per heavy atom. The highest BCUT2D eigenvalue weighted by molar-refractivity contribution is 9.10. The molecule has 2 saturated heterocycles. The van der Waals surface area contributed by atoms with E-state index in [2.05, 4.69) is 31.0 Å². The fourth-order valence-corrected chi connectivity index (χ4v) is 7.94. The number of hydrogen-bond donors (Lipinski definition) is 3. The third kappa shape index (κ3) is 5.25. The molecule has 5 rings (SSSR count). The summed E-state index contributed by atoms with van der Waals surface area (Å²) in [6.45, 7) is 3.50. The first-order valence-corrected chi connectivity index (χ1v) is 15.2. The van der Waals surface area contributed by atoms with Crippen molar-refractivity contribution in [2.24, 2.45) is 11.8 Å². The first-order valence-electron chi connectivity index (χ1n) is 12.5. The van der Waals surface area contributed by atoms with Crippen LogP contribution in [0.3, 0.4) is 0 Å². The highest BCUT2D eigenvalue weighted by atomic mass is 79.9. The van der Waals surface area contributed by atoms with E-state index in [1.54, 1.807) is 6.20 Å². The molecule has 3 heterocycles. The zero-order valence-corrected chi connectivity index (χ0v) is 23.1. The number of sulfonamides is 1. The minimum absolute atomic E-state index is 0.0488. The SMILES string of the molecule is O=C(c1nc(NS(=O)(=O)c2cc(Br)cc(Cl)c2O)cn1C1CCCC1)N1CCC([C@@H]2CCNC2)CC1. The zero-order valence-electron chi connectivity index (χ0n) is 19.9. The van der Waals surface area contributed by atoms with Gasteiger partial charge in [0, 0.05) is 29.8 Å². The number of nitrogens with one attached hydrogen (secondary N) is 2. The fourth-order valence-electron chi connectivity index (χ4n) is 5.80. The van der Waals surface area contributed by atoms with Gasteiger partial charge in [-0.3, -0.25) is 9.52 Å². The Kier molecular flexibility index (Phi) is 7.54. The number of anilines is 1. The number of halogens is 2. The van der Waals surface area contributed by atoms with Crippen LogP contribution < -0.4 is 10.0 Å². The third-order valence-electron chi connectivity index (χ3n) is 7.76. The van der Waals surface area contributed by atoms with Crippen molar-refractivity contribution >= 4 is 49.3 Å². The van der Waals surface area contributed by atoms with Gasteiger partial charge in [-0.05, 0) is 69.2 Å². The summed E-state index contributed by atoms with van der Waals surface area (Å²) in [6, 6.07) is 2.78. The number of carbonyl (C=O) groups excluding carboxylic acids is 1. The van der Waals surface area contributed by atoms with E-state index in [0.29, 0.717) is 29.4 Å². The largest absolute Gasteiger partial charge is 0.505 e. The number of aromatic nitrogens is 2. The standard InChI is InChI=1S/C24H31BrClN5O4S/c25-17-11-19(26)22(32)20(12-17)36(34,35)29-21-14-31(18-3-1-2-4-18)23(28-21)24(33)30-9-6-15(7-10-30)16-5-8-27-13-16/h11-12,14-16,18,27,29,32H,1-10,13H2/t16-/m1/s1. The minimum Gasteiger partial charge on any atom is -0.505 e. The molecule has 0 bridgehead atoms. The van der Waals surface area contributed by atoms with Crippen LogP contribution in [0.2, 0.25) is 5.02 Å². The monoisotopic (exact) mass is 599 g/mol. The van der Waals surface area contributed by atoms with Crippen molar-refractivity contribution in [2.45, 2.75) is 55.9 Å². The van der Waals surface area contributed by atoms with Crippen LogP contribution >= 0.6 is 27.5 Å². The summed E-state index contributed by atoms with van der Waals surface area (Å²) in [7, 11) is -4.20. The lowest BCUT2D eigenvalue weighted by Crippen LogP contribution is -2.41. The molecule has 1 aliphatic carbocycles. The maximum atomic E-state index is 13.6. The number of amides is 1. The maximum Gasteiger partial charge on any atom is 0.289 e. The zero-order chi connectivity index (χ0) is 25.4. The fraction of sp³-hybridized carbons (Fsp3) is 0.583. The molecule has 1 aromatic carbocycles. The Bertz CT molecular complexity index is 1230. The highest BCUT2D eigenvalue weighted by Gasteiger charge is 2.33. The smallest absolute Gasteiger partial charge is 0.289 e. The molecule has 1 saturated carbocycles. The average Bonchev–Trinajstić information content (AvgIpc) is 3.62. The number of phenols is 1. The van der Waals surface area contributed by atoms with Crippen LogP contribution in [0.15, 0.2) is 27.7 Å². The molecule has 1 aromatic heterocycles. The molecule has 3 fully saturated rings. The lowest BCUT2D eigenvalue weighted by Gasteiger charge is -2.34. The van der Waals surface area contributed by atoms with E-state index in [1.165, 1.54) is 18.6 Å².